The summed E-state index contributed by atoms with van der Waals surface area (Å²) < 4.78 is 24.7. The van der Waals surface area contributed by atoms with Gasteiger partial charge in [-0.05, 0) is 43.6 Å². The third-order valence-corrected chi connectivity index (χ3v) is 7.20. The fourth-order valence-corrected chi connectivity index (χ4v) is 5.30. The van der Waals surface area contributed by atoms with E-state index in [1.807, 2.05) is 12.1 Å². The number of aromatic nitrogens is 1. The van der Waals surface area contributed by atoms with Gasteiger partial charge in [0.2, 0.25) is 0 Å². The van der Waals surface area contributed by atoms with Crippen LogP contribution in [0, 0.1) is 11.8 Å². The molecule has 2 aromatic rings. The van der Waals surface area contributed by atoms with E-state index >= 15 is 0 Å². The van der Waals surface area contributed by atoms with Crippen molar-refractivity contribution in [3.8, 4) is 0 Å². The average Bonchev–Trinajstić information content (AvgIpc) is 2.63. The maximum absolute atomic E-state index is 12.3. The second-order valence-corrected chi connectivity index (χ2v) is 9.86. The summed E-state index contributed by atoms with van der Waals surface area (Å²) in [5.74, 6) is 1.59. The van der Waals surface area contributed by atoms with Gasteiger partial charge in [0.15, 0.2) is 9.84 Å². The lowest BCUT2D eigenvalue weighted by Crippen LogP contribution is -2.29. The van der Waals surface area contributed by atoms with E-state index in [0.717, 1.165) is 35.6 Å². The van der Waals surface area contributed by atoms with Crippen molar-refractivity contribution >= 4 is 39.7 Å². The van der Waals surface area contributed by atoms with Crippen LogP contribution in [0.25, 0.3) is 10.9 Å². The van der Waals surface area contributed by atoms with Crippen molar-refractivity contribution in [1.82, 2.24) is 4.98 Å². The quantitative estimate of drug-likeness (QED) is 0.769. The Kier molecular flexibility index (Phi) is 6.14. The molecule has 1 heterocycles. The zero-order chi connectivity index (χ0) is 19.6. The molecule has 1 saturated carbocycles. The van der Waals surface area contributed by atoms with Crippen LogP contribution in [0.5, 0.6) is 0 Å². The molecule has 0 aliphatic heterocycles. The molecule has 1 fully saturated rings. The van der Waals surface area contributed by atoms with Crippen molar-refractivity contribution < 1.29 is 8.42 Å². The molecule has 0 saturated heterocycles. The predicted molar refractivity (Wildman–Crippen MR) is 114 cm³/mol. The van der Waals surface area contributed by atoms with Gasteiger partial charge in [-0.3, -0.25) is 4.98 Å². The van der Waals surface area contributed by atoms with Gasteiger partial charge in [0.1, 0.15) is 12.7 Å². The van der Waals surface area contributed by atoms with E-state index in [0.29, 0.717) is 11.2 Å². The highest BCUT2D eigenvalue weighted by Gasteiger charge is 2.27. The van der Waals surface area contributed by atoms with Crippen LogP contribution >= 0.6 is 0 Å². The number of fused-ring (bicyclic) bond motifs is 1. The Morgan fingerprint density at radius 1 is 1.19 bits per heavy atom. The largest absolute Gasteiger partial charge is 0.381 e. The molecular formula is C21H29BN2O2S. The molecular weight excluding hydrogens is 355 g/mol. The molecule has 27 heavy (non-hydrogen) atoms. The predicted octanol–water partition coefficient (Wildman–Crippen LogP) is 3.84. The monoisotopic (exact) mass is 384 g/mol. The van der Waals surface area contributed by atoms with Crippen LogP contribution in [0.2, 0.25) is 0 Å². The molecule has 0 amide bonds. The number of hydrogen-bond acceptors (Lipinski definition) is 4. The molecule has 1 aliphatic carbocycles. The molecule has 1 N–H and O–H groups in total. The van der Waals surface area contributed by atoms with E-state index in [4.69, 9.17) is 7.85 Å². The lowest BCUT2D eigenvalue weighted by Gasteiger charge is -2.34. The van der Waals surface area contributed by atoms with Crippen molar-refractivity contribution in [2.75, 3.05) is 11.6 Å². The van der Waals surface area contributed by atoms with Gasteiger partial charge >= 0.3 is 0 Å². The highest BCUT2D eigenvalue weighted by molar-refractivity contribution is 7.90. The molecule has 0 unspecified atom stereocenters. The van der Waals surface area contributed by atoms with Crippen LogP contribution in [0.15, 0.2) is 29.3 Å². The first-order valence-corrected chi connectivity index (χ1v) is 11.9. The average molecular weight is 384 g/mol. The maximum atomic E-state index is 12.3. The molecule has 2 radical (unpaired) electrons. The van der Waals surface area contributed by atoms with E-state index in [9.17, 15) is 8.42 Å². The molecule has 4 nitrogen and oxygen atoms in total. The zero-order valence-electron chi connectivity index (χ0n) is 16.5. The lowest BCUT2D eigenvalue weighted by molar-refractivity contribution is 0.227. The first kappa shape index (κ1) is 20.2. The minimum atomic E-state index is -3.39. The van der Waals surface area contributed by atoms with Crippen LogP contribution in [0.4, 0.5) is 5.69 Å². The van der Waals surface area contributed by atoms with Crippen LogP contribution < -0.4 is 10.8 Å². The Balaban J connectivity index is 1.89. The van der Waals surface area contributed by atoms with Crippen LogP contribution in [-0.4, -0.2) is 33.5 Å². The number of pyridine rings is 1. The number of nitrogens with zero attached hydrogens (tertiary/aromatic N) is 1. The molecule has 0 atom stereocenters. The van der Waals surface area contributed by atoms with E-state index in [2.05, 4.69) is 24.1 Å². The molecule has 1 aromatic carbocycles. The first-order chi connectivity index (χ1) is 12.8. The summed E-state index contributed by atoms with van der Waals surface area (Å²) in [4.78, 5) is 4.58. The summed E-state index contributed by atoms with van der Waals surface area (Å²) >= 11 is 0. The van der Waals surface area contributed by atoms with Gasteiger partial charge in [-0.1, -0.05) is 44.3 Å². The Labute approximate surface area is 164 Å². The lowest BCUT2D eigenvalue weighted by atomic mass is 9.76. The molecule has 1 aliphatic rings. The third kappa shape index (κ3) is 4.48. The molecule has 1 aromatic heterocycles. The third-order valence-electron chi connectivity index (χ3n) is 6.09. The summed E-state index contributed by atoms with van der Waals surface area (Å²) in [7, 11) is 2.58. The van der Waals surface area contributed by atoms with Gasteiger partial charge in [-0.2, -0.15) is 0 Å². The molecule has 6 heteroatoms. The van der Waals surface area contributed by atoms with Crippen molar-refractivity contribution in [2.24, 2.45) is 11.8 Å². The van der Waals surface area contributed by atoms with Crippen molar-refractivity contribution in [2.45, 2.75) is 63.3 Å². The molecule has 144 valence electrons. The molecule has 3 rings (SSSR count). The standard InChI is InChI=1S/C21H29BN2O2S/c1-4-14(5-2)15-6-9-17(10-7-15)24-21-18-12-16(22)8-11-19(18)23-13-20(21)27(3,25)26/h8,11-15,17H,4-7,9-10H2,1-3H3,(H,23,24). The second kappa shape index (κ2) is 8.21. The summed E-state index contributed by atoms with van der Waals surface area (Å²) in [5, 5.41) is 4.32. The number of nitrogens with one attached hydrogen (secondary N) is 1. The number of rotatable bonds is 6. The number of anilines is 1. The van der Waals surface area contributed by atoms with Crippen molar-refractivity contribution in [3.63, 3.8) is 0 Å². The summed E-state index contributed by atoms with van der Waals surface area (Å²) in [6.07, 6.45) is 9.71. The first-order valence-electron chi connectivity index (χ1n) is 9.98. The summed E-state index contributed by atoms with van der Waals surface area (Å²) in [6.45, 7) is 4.56. The van der Waals surface area contributed by atoms with Crippen LogP contribution in [-0.2, 0) is 9.84 Å². The Bertz CT molecular complexity index is 902. The number of sulfone groups is 1. The Morgan fingerprint density at radius 2 is 1.85 bits per heavy atom. The van der Waals surface area contributed by atoms with Crippen LogP contribution in [0.1, 0.15) is 52.4 Å². The molecule has 0 bridgehead atoms. The van der Waals surface area contributed by atoms with E-state index < -0.39 is 9.84 Å². The van der Waals surface area contributed by atoms with E-state index in [-0.39, 0.29) is 10.9 Å². The maximum Gasteiger partial charge on any atom is 0.179 e. The second-order valence-electron chi connectivity index (χ2n) is 7.88. The Morgan fingerprint density at radius 3 is 2.44 bits per heavy atom. The zero-order valence-corrected chi connectivity index (χ0v) is 17.3. The van der Waals surface area contributed by atoms with Gasteiger partial charge < -0.3 is 5.32 Å². The van der Waals surface area contributed by atoms with Gasteiger partial charge in [0.25, 0.3) is 0 Å². The van der Waals surface area contributed by atoms with Gasteiger partial charge in [0, 0.05) is 23.9 Å². The summed E-state index contributed by atoms with van der Waals surface area (Å²) in [6, 6.07) is 5.73. The normalized spacial score (nSPS) is 20.9. The van der Waals surface area contributed by atoms with Gasteiger partial charge in [0.05, 0.1) is 11.2 Å². The minimum absolute atomic E-state index is 0.253. The van der Waals surface area contributed by atoms with Crippen molar-refractivity contribution in [1.29, 1.82) is 0 Å². The van der Waals surface area contributed by atoms with Gasteiger partial charge in [-0.25, -0.2) is 8.42 Å². The minimum Gasteiger partial charge on any atom is -0.381 e. The fourth-order valence-electron chi connectivity index (χ4n) is 4.52. The number of hydrogen-bond donors (Lipinski definition) is 1. The highest BCUT2D eigenvalue weighted by atomic mass is 32.2. The van der Waals surface area contributed by atoms with E-state index in [1.54, 1.807) is 6.07 Å². The van der Waals surface area contributed by atoms with Crippen molar-refractivity contribution in [3.05, 3.63) is 24.4 Å². The number of benzene rings is 1. The fraction of sp³-hybridized carbons (Fsp3) is 0.571. The molecule has 0 spiro atoms. The Hall–Kier alpha value is -1.56. The smallest absolute Gasteiger partial charge is 0.179 e. The summed E-state index contributed by atoms with van der Waals surface area (Å²) in [5.41, 5.74) is 2.01. The SMILES string of the molecule is [B]c1ccc2ncc(S(C)(=O)=O)c(NC3CCC(C(CC)CC)CC3)c2c1. The van der Waals surface area contributed by atoms with Crippen LogP contribution in [0.3, 0.4) is 0 Å². The van der Waals surface area contributed by atoms with Gasteiger partial charge in [-0.15, -0.1) is 0 Å². The topological polar surface area (TPSA) is 59.1 Å². The van der Waals surface area contributed by atoms with E-state index in [1.165, 1.54) is 38.1 Å². The highest BCUT2D eigenvalue weighted by Crippen LogP contribution is 2.36.